The number of alkyl halides is 2. The lowest BCUT2D eigenvalue weighted by molar-refractivity contribution is -0.0221. The van der Waals surface area contributed by atoms with Gasteiger partial charge in [-0.2, -0.15) is 5.26 Å². The summed E-state index contributed by atoms with van der Waals surface area (Å²) in [5.41, 5.74) is 3.61. The van der Waals surface area contributed by atoms with Crippen molar-refractivity contribution in [2.24, 2.45) is 0 Å². The second-order valence-corrected chi connectivity index (χ2v) is 8.59. The van der Waals surface area contributed by atoms with Gasteiger partial charge in [-0.15, -0.1) is 0 Å². The fraction of sp³-hybridized carbons (Fsp3) is 0.375. The summed E-state index contributed by atoms with van der Waals surface area (Å²) in [6, 6.07) is 8.77. The predicted molar refractivity (Wildman–Crippen MR) is 123 cm³/mol. The van der Waals surface area contributed by atoms with Crippen molar-refractivity contribution in [2.75, 3.05) is 23.3 Å². The number of nitriles is 1. The van der Waals surface area contributed by atoms with Crippen LogP contribution < -0.4 is 10.2 Å². The monoisotopic (exact) mass is 466 g/mol. The molecule has 1 aliphatic heterocycles. The van der Waals surface area contributed by atoms with E-state index in [0.29, 0.717) is 22.4 Å². The Morgan fingerprint density at radius 3 is 2.56 bits per heavy atom. The van der Waals surface area contributed by atoms with E-state index in [1.54, 1.807) is 24.0 Å². The van der Waals surface area contributed by atoms with E-state index < -0.39 is 11.9 Å². The number of carboxylic acids is 1. The first-order valence-corrected chi connectivity index (χ1v) is 10.9. The number of fused-ring (bicyclic) bond motifs is 1. The van der Waals surface area contributed by atoms with Gasteiger partial charge in [0.15, 0.2) is 17.2 Å². The Balaban J connectivity index is 1.77. The fourth-order valence-electron chi connectivity index (χ4n) is 4.14. The van der Waals surface area contributed by atoms with E-state index in [0.717, 1.165) is 11.1 Å². The van der Waals surface area contributed by atoms with Crippen molar-refractivity contribution in [1.29, 1.82) is 5.26 Å². The standard InChI is InChI=1S/C24H24F2N6O2/c1-13-10-16(15(3)29-17-5-4-14(2)28-21(17)23(33)34)20-18(11-13)30-19(12-27)22(31-20)32-8-6-24(25,26)7-9-32/h4-5,10-11,15,29H,6-9H2,1-3H3,(H,33,34)/t15-/m1/s1. The number of nitrogens with zero attached hydrogens (tertiary/aromatic N) is 5. The van der Waals surface area contributed by atoms with Gasteiger partial charge in [0.25, 0.3) is 5.92 Å². The van der Waals surface area contributed by atoms with E-state index in [-0.39, 0.29) is 49.2 Å². The second kappa shape index (κ2) is 8.82. The zero-order chi connectivity index (χ0) is 24.6. The number of carbonyl (C=O) groups is 1. The Kier molecular flexibility index (Phi) is 6.04. The summed E-state index contributed by atoms with van der Waals surface area (Å²) in [7, 11) is 0. The second-order valence-electron chi connectivity index (χ2n) is 8.59. The molecule has 1 aromatic carbocycles. The number of piperidine rings is 1. The molecular formula is C24H24F2N6O2. The first-order chi connectivity index (χ1) is 16.1. The van der Waals surface area contributed by atoms with Crippen LogP contribution >= 0.6 is 0 Å². The molecule has 2 aromatic heterocycles. The number of rotatable bonds is 5. The summed E-state index contributed by atoms with van der Waals surface area (Å²) in [5, 5.41) is 22.4. The minimum absolute atomic E-state index is 0.0773. The number of carboxylic acid groups (broad SMARTS) is 1. The molecule has 0 amide bonds. The molecule has 0 saturated carbocycles. The molecule has 34 heavy (non-hydrogen) atoms. The van der Waals surface area contributed by atoms with Crippen molar-refractivity contribution in [1.82, 2.24) is 15.0 Å². The number of hydrogen-bond acceptors (Lipinski definition) is 7. The number of halogens is 2. The third-order valence-corrected chi connectivity index (χ3v) is 5.90. The largest absolute Gasteiger partial charge is 0.476 e. The Bertz CT molecular complexity index is 1310. The molecule has 0 aliphatic carbocycles. The van der Waals surface area contributed by atoms with Gasteiger partial charge in [-0.1, -0.05) is 6.07 Å². The molecule has 4 rings (SSSR count). The van der Waals surface area contributed by atoms with Crippen molar-refractivity contribution in [2.45, 2.75) is 45.6 Å². The van der Waals surface area contributed by atoms with Gasteiger partial charge in [0.2, 0.25) is 0 Å². The molecule has 8 nitrogen and oxygen atoms in total. The lowest BCUT2D eigenvalue weighted by Crippen LogP contribution is -2.40. The predicted octanol–water partition coefficient (Wildman–Crippen LogP) is 4.62. The van der Waals surface area contributed by atoms with Crippen LogP contribution in [0.5, 0.6) is 0 Å². The van der Waals surface area contributed by atoms with Crippen LogP contribution in [0, 0.1) is 25.2 Å². The summed E-state index contributed by atoms with van der Waals surface area (Å²) in [6.45, 7) is 5.62. The van der Waals surface area contributed by atoms with E-state index in [1.165, 1.54) is 0 Å². The molecule has 0 bridgehead atoms. The van der Waals surface area contributed by atoms with Crippen LogP contribution in [0.15, 0.2) is 24.3 Å². The third kappa shape index (κ3) is 4.59. The van der Waals surface area contributed by atoms with Crippen LogP contribution in [0.25, 0.3) is 11.0 Å². The van der Waals surface area contributed by atoms with Crippen LogP contribution in [0.4, 0.5) is 20.3 Å². The summed E-state index contributed by atoms with van der Waals surface area (Å²) >= 11 is 0. The lowest BCUT2D eigenvalue weighted by Gasteiger charge is -2.33. The number of aryl methyl sites for hydroxylation is 2. The van der Waals surface area contributed by atoms with Gasteiger partial charge < -0.3 is 15.3 Å². The Labute approximate surface area is 195 Å². The highest BCUT2D eigenvalue weighted by Gasteiger charge is 2.35. The number of aromatic carboxylic acids is 1. The van der Waals surface area contributed by atoms with Crippen LogP contribution in [0.2, 0.25) is 0 Å². The summed E-state index contributed by atoms with van der Waals surface area (Å²) in [6.07, 6.45) is -0.622. The van der Waals surface area contributed by atoms with Gasteiger partial charge in [0, 0.05) is 37.2 Å². The Morgan fingerprint density at radius 2 is 1.91 bits per heavy atom. The van der Waals surface area contributed by atoms with Crippen molar-refractivity contribution < 1.29 is 18.7 Å². The van der Waals surface area contributed by atoms with Crippen LogP contribution in [-0.2, 0) is 0 Å². The number of anilines is 2. The maximum absolute atomic E-state index is 13.7. The van der Waals surface area contributed by atoms with Crippen LogP contribution in [-0.4, -0.2) is 45.0 Å². The molecule has 176 valence electrons. The SMILES string of the molecule is Cc1cc([C@@H](C)Nc2ccc(C)nc2C(=O)O)c2nc(N3CCC(F)(F)CC3)c(C#N)nc2c1. The van der Waals surface area contributed by atoms with Crippen LogP contribution in [0.1, 0.15) is 58.8 Å². The molecule has 0 spiro atoms. The molecule has 2 N–H and O–H groups in total. The normalized spacial score (nSPS) is 16.2. The number of hydrogen-bond donors (Lipinski definition) is 2. The van der Waals surface area contributed by atoms with Crippen LogP contribution in [0.3, 0.4) is 0 Å². The molecular weight excluding hydrogens is 442 g/mol. The van der Waals surface area contributed by atoms with Crippen molar-refractivity contribution in [3.05, 3.63) is 52.5 Å². The molecule has 1 atom stereocenters. The average molecular weight is 466 g/mol. The van der Waals surface area contributed by atoms with E-state index in [9.17, 15) is 23.9 Å². The average Bonchev–Trinajstić information content (AvgIpc) is 2.78. The first kappa shape index (κ1) is 23.3. The molecule has 10 heteroatoms. The molecule has 0 radical (unpaired) electrons. The number of pyridine rings is 1. The van der Waals surface area contributed by atoms with E-state index in [4.69, 9.17) is 4.98 Å². The molecule has 3 aromatic rings. The lowest BCUT2D eigenvalue weighted by atomic mass is 10.0. The van der Waals surface area contributed by atoms with Gasteiger partial charge in [-0.05, 0) is 44.5 Å². The zero-order valence-electron chi connectivity index (χ0n) is 19.1. The van der Waals surface area contributed by atoms with Gasteiger partial charge in [0.1, 0.15) is 6.07 Å². The topological polar surface area (TPSA) is 115 Å². The van der Waals surface area contributed by atoms with E-state index >= 15 is 0 Å². The quantitative estimate of drug-likeness (QED) is 0.560. The van der Waals surface area contributed by atoms with Crippen molar-refractivity contribution in [3.8, 4) is 6.07 Å². The highest BCUT2D eigenvalue weighted by Crippen LogP contribution is 2.33. The smallest absolute Gasteiger partial charge is 0.356 e. The molecule has 1 fully saturated rings. The summed E-state index contributed by atoms with van der Waals surface area (Å²) in [4.78, 5) is 26.7. The summed E-state index contributed by atoms with van der Waals surface area (Å²) in [5.74, 6) is -3.58. The number of nitrogens with one attached hydrogen (secondary N) is 1. The Hall–Kier alpha value is -3.87. The number of benzene rings is 1. The Morgan fingerprint density at radius 1 is 1.21 bits per heavy atom. The fourth-order valence-corrected chi connectivity index (χ4v) is 4.14. The molecule has 3 heterocycles. The van der Waals surface area contributed by atoms with Gasteiger partial charge in [-0.25, -0.2) is 28.5 Å². The minimum atomic E-state index is -2.72. The molecule has 1 saturated heterocycles. The number of aromatic nitrogens is 3. The molecule has 1 aliphatic rings. The van der Waals surface area contributed by atoms with E-state index in [1.807, 2.05) is 32.0 Å². The van der Waals surface area contributed by atoms with Gasteiger partial charge in [-0.3, -0.25) is 0 Å². The molecule has 0 unspecified atom stereocenters. The highest BCUT2D eigenvalue weighted by molar-refractivity contribution is 5.92. The van der Waals surface area contributed by atoms with Gasteiger partial charge in [0.05, 0.1) is 22.8 Å². The van der Waals surface area contributed by atoms with Crippen molar-refractivity contribution in [3.63, 3.8) is 0 Å². The van der Waals surface area contributed by atoms with E-state index in [2.05, 4.69) is 15.3 Å². The zero-order valence-corrected chi connectivity index (χ0v) is 19.1. The first-order valence-electron chi connectivity index (χ1n) is 10.9. The minimum Gasteiger partial charge on any atom is -0.476 e. The third-order valence-electron chi connectivity index (χ3n) is 5.90. The maximum atomic E-state index is 13.7. The summed E-state index contributed by atoms with van der Waals surface area (Å²) < 4.78 is 27.4. The van der Waals surface area contributed by atoms with Gasteiger partial charge >= 0.3 is 5.97 Å². The van der Waals surface area contributed by atoms with Crippen molar-refractivity contribution >= 4 is 28.5 Å². The highest BCUT2D eigenvalue weighted by atomic mass is 19.3. The maximum Gasteiger partial charge on any atom is 0.356 e.